The third-order valence-electron chi connectivity index (χ3n) is 4.54. The van der Waals surface area contributed by atoms with Crippen molar-refractivity contribution in [2.45, 2.75) is 51.4 Å². The van der Waals surface area contributed by atoms with E-state index in [4.69, 9.17) is 4.74 Å². The van der Waals surface area contributed by atoms with Gasteiger partial charge in [0.2, 0.25) is 0 Å². The Morgan fingerprint density at radius 3 is 2.60 bits per heavy atom. The van der Waals surface area contributed by atoms with Gasteiger partial charge in [-0.05, 0) is 60.8 Å². The Hall–Kier alpha value is -0.860. The maximum absolute atomic E-state index is 5.06. The van der Waals surface area contributed by atoms with Crippen molar-refractivity contribution in [1.82, 2.24) is 5.32 Å². The molecule has 1 N–H and O–H groups in total. The van der Waals surface area contributed by atoms with Gasteiger partial charge >= 0.3 is 0 Å². The molecule has 0 aliphatic heterocycles. The molecule has 1 aromatic rings. The molecule has 0 unspecified atom stereocenters. The Morgan fingerprint density at radius 1 is 1.10 bits per heavy atom. The molecule has 0 spiro atoms. The lowest BCUT2D eigenvalue weighted by molar-refractivity contribution is 0.198. The molecule has 1 aliphatic carbocycles. The third kappa shape index (κ3) is 4.07. The number of hydrogen-bond acceptors (Lipinski definition) is 2. The quantitative estimate of drug-likeness (QED) is 0.769. The van der Waals surface area contributed by atoms with Gasteiger partial charge in [0.15, 0.2) is 0 Å². The van der Waals surface area contributed by atoms with E-state index in [1.54, 1.807) is 18.2 Å². The number of methoxy groups -OCH3 is 1. The summed E-state index contributed by atoms with van der Waals surface area (Å²) in [7, 11) is 1.75. The second-order valence-electron chi connectivity index (χ2n) is 6.57. The molecule has 0 radical (unpaired) electrons. The summed E-state index contributed by atoms with van der Waals surface area (Å²) in [5.41, 5.74) is 4.90. The molecule has 2 rings (SSSR count). The minimum atomic E-state index is 0.243. The average Bonchev–Trinajstić information content (AvgIpc) is 2.46. The Kier molecular flexibility index (Phi) is 5.62. The molecule has 0 saturated carbocycles. The van der Waals surface area contributed by atoms with Gasteiger partial charge in [-0.3, -0.25) is 0 Å². The Morgan fingerprint density at radius 2 is 1.85 bits per heavy atom. The van der Waals surface area contributed by atoms with Crippen LogP contribution in [0, 0.1) is 0 Å². The summed E-state index contributed by atoms with van der Waals surface area (Å²) in [6.45, 7) is 7.49. The first kappa shape index (κ1) is 15.5. The fraction of sp³-hybridized carbons (Fsp3) is 0.667. The molecule has 0 bridgehead atoms. The molecule has 0 atom stereocenters. The zero-order chi connectivity index (χ0) is 14.4. The summed E-state index contributed by atoms with van der Waals surface area (Å²) >= 11 is 0. The number of aryl methyl sites for hydroxylation is 2. The zero-order valence-corrected chi connectivity index (χ0v) is 13.3. The van der Waals surface area contributed by atoms with Crippen LogP contribution in [0.1, 0.15) is 49.8 Å². The molecule has 0 heterocycles. The Bertz CT molecular complexity index is 425. The molecular weight excluding hydrogens is 246 g/mol. The average molecular weight is 275 g/mol. The van der Waals surface area contributed by atoms with E-state index in [1.165, 1.54) is 31.2 Å². The summed E-state index contributed by atoms with van der Waals surface area (Å²) < 4.78 is 5.06. The normalized spacial score (nSPS) is 15.2. The van der Waals surface area contributed by atoms with Crippen molar-refractivity contribution < 1.29 is 4.74 Å². The lowest BCUT2D eigenvalue weighted by atomic mass is 9.78. The topological polar surface area (TPSA) is 21.3 Å². The van der Waals surface area contributed by atoms with Gasteiger partial charge in [-0.2, -0.15) is 0 Å². The summed E-state index contributed by atoms with van der Waals surface area (Å²) in [6, 6.07) is 7.17. The van der Waals surface area contributed by atoms with Crippen LogP contribution < -0.4 is 5.32 Å². The molecule has 112 valence electrons. The van der Waals surface area contributed by atoms with Crippen molar-refractivity contribution in [3.63, 3.8) is 0 Å². The second kappa shape index (κ2) is 7.24. The van der Waals surface area contributed by atoms with E-state index >= 15 is 0 Å². The lowest BCUT2D eigenvalue weighted by Crippen LogP contribution is -2.27. The smallest absolute Gasteiger partial charge is 0.0587 e. The van der Waals surface area contributed by atoms with E-state index in [0.29, 0.717) is 0 Å². The highest BCUT2D eigenvalue weighted by Crippen LogP contribution is 2.30. The highest BCUT2D eigenvalue weighted by atomic mass is 16.5. The maximum Gasteiger partial charge on any atom is 0.0587 e. The molecule has 2 nitrogen and oxygen atoms in total. The second-order valence-corrected chi connectivity index (χ2v) is 6.57. The largest absolute Gasteiger partial charge is 0.383 e. The molecule has 1 aliphatic rings. The van der Waals surface area contributed by atoms with Crippen molar-refractivity contribution in [3.8, 4) is 0 Å². The third-order valence-corrected chi connectivity index (χ3v) is 4.54. The van der Waals surface area contributed by atoms with Gasteiger partial charge in [0.25, 0.3) is 0 Å². The monoisotopic (exact) mass is 275 g/mol. The summed E-state index contributed by atoms with van der Waals surface area (Å²) in [5.74, 6) is 0. The van der Waals surface area contributed by atoms with Crippen LogP contribution in [0.4, 0.5) is 0 Å². The SMILES string of the molecule is COCCNCCC(C)(C)c1ccc2c(c1)CCCC2. The highest BCUT2D eigenvalue weighted by molar-refractivity contribution is 5.37. The first-order valence-electron chi connectivity index (χ1n) is 7.95. The van der Waals surface area contributed by atoms with Crippen molar-refractivity contribution >= 4 is 0 Å². The van der Waals surface area contributed by atoms with Crippen molar-refractivity contribution in [3.05, 3.63) is 34.9 Å². The molecule has 2 heteroatoms. The van der Waals surface area contributed by atoms with E-state index in [0.717, 1.165) is 26.1 Å². The van der Waals surface area contributed by atoms with Gasteiger partial charge < -0.3 is 10.1 Å². The molecule has 20 heavy (non-hydrogen) atoms. The first-order chi connectivity index (χ1) is 9.63. The highest BCUT2D eigenvalue weighted by Gasteiger charge is 2.21. The van der Waals surface area contributed by atoms with Crippen molar-refractivity contribution in [2.75, 3.05) is 26.8 Å². The molecule has 0 saturated heterocycles. The summed E-state index contributed by atoms with van der Waals surface area (Å²) in [6.07, 6.45) is 6.42. The van der Waals surface area contributed by atoms with Gasteiger partial charge in [-0.15, -0.1) is 0 Å². The van der Waals surface area contributed by atoms with Crippen LogP contribution in [0.3, 0.4) is 0 Å². The van der Waals surface area contributed by atoms with E-state index in [2.05, 4.69) is 37.4 Å². The fourth-order valence-electron chi connectivity index (χ4n) is 3.00. The van der Waals surface area contributed by atoms with Crippen LogP contribution in [0.5, 0.6) is 0 Å². The first-order valence-corrected chi connectivity index (χ1v) is 7.95. The number of ether oxygens (including phenoxy) is 1. The fourth-order valence-corrected chi connectivity index (χ4v) is 3.00. The van der Waals surface area contributed by atoms with E-state index in [-0.39, 0.29) is 5.41 Å². The maximum atomic E-state index is 5.06. The molecule has 0 amide bonds. The molecule has 0 fully saturated rings. The Labute approximate surface area is 123 Å². The van der Waals surface area contributed by atoms with Gasteiger partial charge in [0, 0.05) is 13.7 Å². The standard InChI is InChI=1S/C18H29NO/c1-18(2,10-11-19-12-13-20-3)17-9-8-15-6-4-5-7-16(15)14-17/h8-9,14,19H,4-7,10-13H2,1-3H3. The number of rotatable bonds is 7. The zero-order valence-electron chi connectivity index (χ0n) is 13.3. The lowest BCUT2D eigenvalue weighted by Gasteiger charge is -2.28. The van der Waals surface area contributed by atoms with E-state index in [1.807, 2.05) is 0 Å². The predicted octanol–water partition coefficient (Wildman–Crippen LogP) is 3.47. The van der Waals surface area contributed by atoms with Gasteiger partial charge in [0.05, 0.1) is 6.61 Å². The van der Waals surface area contributed by atoms with E-state index in [9.17, 15) is 0 Å². The minimum absolute atomic E-state index is 0.243. The van der Waals surface area contributed by atoms with Crippen LogP contribution in [0.25, 0.3) is 0 Å². The minimum Gasteiger partial charge on any atom is -0.383 e. The van der Waals surface area contributed by atoms with Crippen LogP contribution in [0.2, 0.25) is 0 Å². The van der Waals surface area contributed by atoms with Crippen molar-refractivity contribution in [1.29, 1.82) is 0 Å². The van der Waals surface area contributed by atoms with Gasteiger partial charge in [0.1, 0.15) is 0 Å². The van der Waals surface area contributed by atoms with Gasteiger partial charge in [-0.1, -0.05) is 32.0 Å². The van der Waals surface area contributed by atoms with Crippen molar-refractivity contribution in [2.24, 2.45) is 0 Å². The van der Waals surface area contributed by atoms with Gasteiger partial charge in [-0.25, -0.2) is 0 Å². The number of fused-ring (bicyclic) bond motifs is 1. The summed E-state index contributed by atoms with van der Waals surface area (Å²) in [4.78, 5) is 0. The number of nitrogens with one attached hydrogen (secondary N) is 1. The molecule has 0 aromatic heterocycles. The number of benzene rings is 1. The summed E-state index contributed by atoms with van der Waals surface area (Å²) in [5, 5.41) is 3.45. The van der Waals surface area contributed by atoms with Crippen LogP contribution in [-0.2, 0) is 23.0 Å². The van der Waals surface area contributed by atoms with E-state index < -0.39 is 0 Å². The van der Waals surface area contributed by atoms with Crippen LogP contribution in [-0.4, -0.2) is 26.8 Å². The Balaban J connectivity index is 1.94. The van der Waals surface area contributed by atoms with Crippen LogP contribution >= 0.6 is 0 Å². The number of hydrogen-bond donors (Lipinski definition) is 1. The molecule has 1 aromatic carbocycles. The predicted molar refractivity (Wildman–Crippen MR) is 85.5 cm³/mol. The van der Waals surface area contributed by atoms with Crippen LogP contribution in [0.15, 0.2) is 18.2 Å². The molecular formula is C18H29NO.